The molecule has 11 heteroatoms. The van der Waals surface area contributed by atoms with Crippen LogP contribution in [0, 0.1) is 11.3 Å². The SMILES string of the molecule is N#Cc1ccc(Oc2c(Br)cc(NC(=O)NC(=O)c3c(Cl)cccc3Cl)cc2Br)nc1. The highest BCUT2D eigenvalue weighted by atomic mass is 79.9. The number of nitrogens with one attached hydrogen (secondary N) is 2. The lowest BCUT2D eigenvalue weighted by molar-refractivity contribution is 0.0967. The second kappa shape index (κ2) is 10.1. The largest absolute Gasteiger partial charge is 0.437 e. The van der Waals surface area contributed by atoms with Crippen molar-refractivity contribution in [3.8, 4) is 17.7 Å². The van der Waals surface area contributed by atoms with Gasteiger partial charge in [0.2, 0.25) is 5.88 Å². The van der Waals surface area contributed by atoms with Gasteiger partial charge in [0.15, 0.2) is 5.75 Å². The number of ether oxygens (including phenoxy) is 1. The molecule has 0 saturated heterocycles. The maximum atomic E-state index is 12.3. The molecule has 0 aliphatic rings. The van der Waals surface area contributed by atoms with E-state index in [0.717, 1.165) is 0 Å². The number of amides is 3. The average molecular weight is 585 g/mol. The van der Waals surface area contributed by atoms with Gasteiger partial charge in [-0.3, -0.25) is 10.1 Å². The highest BCUT2D eigenvalue weighted by molar-refractivity contribution is 9.11. The van der Waals surface area contributed by atoms with Crippen molar-refractivity contribution in [3.63, 3.8) is 0 Å². The molecule has 0 aliphatic heterocycles. The van der Waals surface area contributed by atoms with E-state index < -0.39 is 11.9 Å². The van der Waals surface area contributed by atoms with E-state index in [4.69, 9.17) is 33.2 Å². The smallest absolute Gasteiger partial charge is 0.326 e. The number of pyridine rings is 1. The third kappa shape index (κ3) is 5.74. The zero-order valence-electron chi connectivity index (χ0n) is 15.2. The summed E-state index contributed by atoms with van der Waals surface area (Å²) in [6, 6.07) is 12.1. The summed E-state index contributed by atoms with van der Waals surface area (Å²) >= 11 is 18.7. The van der Waals surface area contributed by atoms with Crippen molar-refractivity contribution in [2.75, 3.05) is 5.32 Å². The van der Waals surface area contributed by atoms with Gasteiger partial charge in [0.25, 0.3) is 5.91 Å². The number of benzene rings is 2. The van der Waals surface area contributed by atoms with Gasteiger partial charge in [-0.1, -0.05) is 29.3 Å². The molecular formula is C20H10Br2Cl2N4O3. The first-order valence-corrected chi connectivity index (χ1v) is 10.7. The number of hydrogen-bond donors (Lipinski definition) is 2. The lowest BCUT2D eigenvalue weighted by Gasteiger charge is -2.13. The Morgan fingerprint density at radius 1 is 1.06 bits per heavy atom. The predicted octanol–water partition coefficient (Wildman–Crippen LogP) is 6.54. The van der Waals surface area contributed by atoms with Crippen LogP contribution in [0.1, 0.15) is 15.9 Å². The number of rotatable bonds is 4. The predicted molar refractivity (Wildman–Crippen MR) is 124 cm³/mol. The van der Waals surface area contributed by atoms with Crippen LogP contribution in [0.4, 0.5) is 10.5 Å². The molecule has 3 aromatic rings. The molecule has 0 aliphatic carbocycles. The van der Waals surface area contributed by atoms with Crippen molar-refractivity contribution in [3.05, 3.63) is 78.8 Å². The molecular weight excluding hydrogens is 575 g/mol. The fourth-order valence-electron chi connectivity index (χ4n) is 2.38. The minimum Gasteiger partial charge on any atom is -0.437 e. The number of nitrogens with zero attached hydrogens (tertiary/aromatic N) is 2. The minimum atomic E-state index is -0.776. The molecule has 0 spiro atoms. The van der Waals surface area contributed by atoms with Gasteiger partial charge in [0.1, 0.15) is 6.07 Å². The van der Waals surface area contributed by atoms with E-state index in [9.17, 15) is 9.59 Å². The zero-order chi connectivity index (χ0) is 22.5. The number of urea groups is 1. The summed E-state index contributed by atoms with van der Waals surface area (Å²) in [4.78, 5) is 28.6. The van der Waals surface area contributed by atoms with Crippen LogP contribution in [0.3, 0.4) is 0 Å². The van der Waals surface area contributed by atoms with Gasteiger partial charge in [-0.2, -0.15) is 5.26 Å². The molecule has 1 heterocycles. The Balaban J connectivity index is 1.71. The lowest BCUT2D eigenvalue weighted by Crippen LogP contribution is -2.34. The highest BCUT2D eigenvalue weighted by Gasteiger charge is 2.18. The first-order chi connectivity index (χ1) is 14.8. The lowest BCUT2D eigenvalue weighted by atomic mass is 10.2. The summed E-state index contributed by atoms with van der Waals surface area (Å²) in [6.45, 7) is 0. The van der Waals surface area contributed by atoms with Crippen molar-refractivity contribution < 1.29 is 14.3 Å². The van der Waals surface area contributed by atoms with E-state index in [1.165, 1.54) is 18.3 Å². The normalized spacial score (nSPS) is 10.2. The molecule has 3 amide bonds. The molecule has 156 valence electrons. The van der Waals surface area contributed by atoms with Gasteiger partial charge in [0.05, 0.1) is 30.1 Å². The van der Waals surface area contributed by atoms with E-state index in [0.29, 0.717) is 25.9 Å². The number of halogens is 4. The molecule has 0 atom stereocenters. The molecule has 31 heavy (non-hydrogen) atoms. The third-order valence-corrected chi connectivity index (χ3v) is 5.55. The van der Waals surface area contributed by atoms with Crippen LogP contribution in [0.25, 0.3) is 0 Å². The number of carbonyl (C=O) groups excluding carboxylic acids is 2. The molecule has 0 fully saturated rings. The molecule has 2 aromatic carbocycles. The third-order valence-electron chi connectivity index (χ3n) is 3.75. The second-order valence-corrected chi connectivity index (χ2v) is 8.40. The topological polar surface area (TPSA) is 104 Å². The standard InChI is InChI=1S/C20H10Br2Cl2N4O3/c21-12-6-11(7-13(22)18(12)31-16-5-4-10(8-25)9-26-16)27-20(30)28-19(29)17-14(23)2-1-3-15(17)24/h1-7,9H,(H2,27,28,29,30). The maximum absolute atomic E-state index is 12.3. The van der Waals surface area contributed by atoms with Crippen molar-refractivity contribution in [1.29, 1.82) is 5.26 Å². The van der Waals surface area contributed by atoms with Crippen LogP contribution in [0.5, 0.6) is 11.6 Å². The molecule has 7 nitrogen and oxygen atoms in total. The number of nitriles is 1. The summed E-state index contributed by atoms with van der Waals surface area (Å²) in [5, 5.41) is 13.8. The van der Waals surface area contributed by atoms with Gasteiger partial charge >= 0.3 is 6.03 Å². The van der Waals surface area contributed by atoms with Crippen LogP contribution in [0.15, 0.2) is 57.6 Å². The molecule has 0 radical (unpaired) electrons. The monoisotopic (exact) mass is 582 g/mol. The van der Waals surface area contributed by atoms with Crippen molar-refractivity contribution in [2.45, 2.75) is 0 Å². The van der Waals surface area contributed by atoms with Crippen molar-refractivity contribution in [1.82, 2.24) is 10.3 Å². The zero-order valence-corrected chi connectivity index (χ0v) is 19.9. The number of hydrogen-bond acceptors (Lipinski definition) is 5. The Bertz CT molecular complexity index is 1170. The summed E-state index contributed by atoms with van der Waals surface area (Å²) in [7, 11) is 0. The van der Waals surface area contributed by atoms with Crippen LogP contribution >= 0.6 is 55.1 Å². The first kappa shape index (κ1) is 23.0. The van der Waals surface area contributed by atoms with E-state index >= 15 is 0 Å². The Kier molecular flexibility index (Phi) is 7.51. The molecule has 0 unspecified atom stereocenters. The van der Waals surface area contributed by atoms with Gasteiger partial charge in [0, 0.05) is 18.0 Å². The van der Waals surface area contributed by atoms with Crippen LogP contribution in [0.2, 0.25) is 10.0 Å². The van der Waals surface area contributed by atoms with Gasteiger partial charge in [-0.15, -0.1) is 0 Å². The molecule has 0 bridgehead atoms. The Morgan fingerprint density at radius 3 is 2.26 bits per heavy atom. The van der Waals surface area contributed by atoms with Crippen LogP contribution in [-0.4, -0.2) is 16.9 Å². The van der Waals surface area contributed by atoms with E-state index in [1.807, 2.05) is 6.07 Å². The van der Waals surface area contributed by atoms with Crippen LogP contribution in [-0.2, 0) is 0 Å². The highest BCUT2D eigenvalue weighted by Crippen LogP contribution is 2.38. The van der Waals surface area contributed by atoms with Crippen molar-refractivity contribution >= 4 is 72.7 Å². The summed E-state index contributed by atoms with van der Waals surface area (Å²) in [5.74, 6) is -0.0544. The summed E-state index contributed by atoms with van der Waals surface area (Å²) < 4.78 is 6.73. The average Bonchev–Trinajstić information content (AvgIpc) is 2.71. The van der Waals surface area contributed by atoms with Crippen molar-refractivity contribution in [2.24, 2.45) is 0 Å². The maximum Gasteiger partial charge on any atom is 0.326 e. The van der Waals surface area contributed by atoms with Gasteiger partial charge in [-0.05, 0) is 62.2 Å². The second-order valence-electron chi connectivity index (χ2n) is 5.87. The van der Waals surface area contributed by atoms with Crippen LogP contribution < -0.4 is 15.4 Å². The molecule has 3 rings (SSSR count). The molecule has 2 N–H and O–H groups in total. The number of aromatic nitrogens is 1. The number of imide groups is 1. The quantitative estimate of drug-likeness (QED) is 0.362. The Labute approximate surface area is 203 Å². The fourth-order valence-corrected chi connectivity index (χ4v) is 4.30. The molecule has 1 aromatic heterocycles. The number of anilines is 1. The Morgan fingerprint density at radius 2 is 1.71 bits per heavy atom. The van der Waals surface area contributed by atoms with E-state index in [1.54, 1.807) is 30.3 Å². The molecule has 0 saturated carbocycles. The first-order valence-electron chi connectivity index (χ1n) is 8.38. The fraction of sp³-hybridized carbons (Fsp3) is 0. The summed E-state index contributed by atoms with van der Waals surface area (Å²) in [5.41, 5.74) is 0.778. The number of carbonyl (C=O) groups is 2. The van der Waals surface area contributed by atoms with E-state index in [-0.39, 0.29) is 21.5 Å². The van der Waals surface area contributed by atoms with Gasteiger partial charge in [-0.25, -0.2) is 9.78 Å². The Hall–Kier alpha value is -2.64. The van der Waals surface area contributed by atoms with E-state index in [2.05, 4.69) is 47.5 Å². The minimum absolute atomic E-state index is 0.00186. The summed E-state index contributed by atoms with van der Waals surface area (Å²) in [6.07, 6.45) is 1.39. The van der Waals surface area contributed by atoms with Gasteiger partial charge < -0.3 is 10.1 Å².